The Bertz CT molecular complexity index is 595. The van der Waals surface area contributed by atoms with Gasteiger partial charge < -0.3 is 9.47 Å². The van der Waals surface area contributed by atoms with E-state index >= 15 is 0 Å². The molecule has 3 fully saturated rings. The Kier molecular flexibility index (Phi) is 5.35. The van der Waals surface area contributed by atoms with Crippen molar-refractivity contribution in [2.45, 2.75) is 84.5 Å². The summed E-state index contributed by atoms with van der Waals surface area (Å²) < 4.78 is 12.5. The van der Waals surface area contributed by atoms with Crippen LogP contribution < -0.4 is 0 Å². The molecule has 7 atom stereocenters. The van der Waals surface area contributed by atoms with Gasteiger partial charge in [0.2, 0.25) is 0 Å². The average molecular weight is 363 g/mol. The summed E-state index contributed by atoms with van der Waals surface area (Å²) in [5.41, 5.74) is 0.498. The summed E-state index contributed by atoms with van der Waals surface area (Å²) in [7, 11) is 0. The predicted octanol–water partition coefficient (Wildman–Crippen LogP) is 4.32. The van der Waals surface area contributed by atoms with Crippen molar-refractivity contribution in [2.24, 2.45) is 29.6 Å². The molecule has 0 N–H and O–H groups in total. The molecule has 3 aliphatic rings. The summed E-state index contributed by atoms with van der Waals surface area (Å²) >= 11 is 0. The number of ether oxygens (including phenoxy) is 2. The molecule has 1 saturated carbocycles. The summed E-state index contributed by atoms with van der Waals surface area (Å²) in [6.07, 6.45) is 3.72. The van der Waals surface area contributed by atoms with Crippen LogP contribution in [0.2, 0.25) is 0 Å². The van der Waals surface area contributed by atoms with Crippen molar-refractivity contribution in [1.82, 2.24) is 0 Å². The molecule has 0 amide bonds. The molecule has 0 radical (unpaired) electrons. The first-order chi connectivity index (χ1) is 12.1. The van der Waals surface area contributed by atoms with Gasteiger partial charge in [0.1, 0.15) is 17.5 Å². The Labute approximate surface area is 157 Å². The molecule has 146 valence electrons. The highest BCUT2D eigenvalue weighted by Crippen LogP contribution is 2.55. The molecule has 0 spiro atoms. The van der Waals surface area contributed by atoms with E-state index in [1.54, 1.807) is 0 Å². The van der Waals surface area contributed by atoms with Crippen LogP contribution in [0.25, 0.3) is 0 Å². The van der Waals surface area contributed by atoms with Crippen LogP contribution in [-0.4, -0.2) is 29.6 Å². The van der Waals surface area contributed by atoms with Crippen LogP contribution in [0.4, 0.5) is 0 Å². The number of ketones is 1. The summed E-state index contributed by atoms with van der Waals surface area (Å²) in [4.78, 5) is 24.4. The molecule has 0 aromatic heterocycles. The maximum atomic E-state index is 12.6. The van der Waals surface area contributed by atoms with Gasteiger partial charge in [-0.2, -0.15) is 0 Å². The highest BCUT2D eigenvalue weighted by molar-refractivity contribution is 5.81. The third kappa shape index (κ3) is 3.37. The van der Waals surface area contributed by atoms with Crippen molar-refractivity contribution in [3.05, 3.63) is 12.2 Å². The van der Waals surface area contributed by atoms with E-state index < -0.39 is 5.60 Å². The molecular formula is C22H34O4. The number of carbonyl (C=O) groups is 2. The molecule has 2 heterocycles. The lowest BCUT2D eigenvalue weighted by atomic mass is 9.61. The lowest BCUT2D eigenvalue weighted by Gasteiger charge is -2.45. The summed E-state index contributed by atoms with van der Waals surface area (Å²) in [5.74, 6) is 1.58. The Morgan fingerprint density at radius 1 is 1.35 bits per heavy atom. The smallest absolute Gasteiger partial charge is 0.303 e. The number of rotatable bonds is 2. The maximum Gasteiger partial charge on any atom is 0.303 e. The molecule has 2 aliphatic heterocycles. The van der Waals surface area contributed by atoms with Crippen LogP contribution in [0.3, 0.4) is 0 Å². The fourth-order valence-electron chi connectivity index (χ4n) is 5.75. The van der Waals surface area contributed by atoms with Crippen molar-refractivity contribution in [3.63, 3.8) is 0 Å². The molecular weight excluding hydrogens is 328 g/mol. The second-order valence-corrected chi connectivity index (χ2v) is 9.31. The molecule has 1 aliphatic carbocycles. The minimum absolute atomic E-state index is 0.00554. The lowest BCUT2D eigenvalue weighted by Crippen LogP contribution is -2.50. The highest BCUT2D eigenvalue weighted by atomic mass is 16.6. The van der Waals surface area contributed by atoms with Crippen molar-refractivity contribution in [2.75, 3.05) is 0 Å². The van der Waals surface area contributed by atoms with Crippen LogP contribution in [0.15, 0.2) is 12.2 Å². The molecule has 0 unspecified atom stereocenters. The molecule has 3 rings (SSSR count). The van der Waals surface area contributed by atoms with Gasteiger partial charge in [0.15, 0.2) is 0 Å². The molecule has 4 heteroatoms. The van der Waals surface area contributed by atoms with Gasteiger partial charge in [0.25, 0.3) is 0 Å². The van der Waals surface area contributed by atoms with Crippen LogP contribution in [-0.2, 0) is 19.1 Å². The third-order valence-corrected chi connectivity index (χ3v) is 7.09. The number of carbonyl (C=O) groups excluding carboxylic acids is 2. The van der Waals surface area contributed by atoms with E-state index in [0.29, 0.717) is 30.6 Å². The van der Waals surface area contributed by atoms with E-state index in [1.807, 2.05) is 13.8 Å². The second-order valence-electron chi connectivity index (χ2n) is 9.31. The largest absolute Gasteiger partial charge is 0.457 e. The van der Waals surface area contributed by atoms with E-state index in [-0.39, 0.29) is 35.8 Å². The molecule has 0 aromatic rings. The Morgan fingerprint density at radius 3 is 2.65 bits per heavy atom. The van der Waals surface area contributed by atoms with Gasteiger partial charge in [-0.15, -0.1) is 0 Å². The minimum Gasteiger partial charge on any atom is -0.457 e. The van der Waals surface area contributed by atoms with Gasteiger partial charge in [-0.25, -0.2) is 0 Å². The average Bonchev–Trinajstić information content (AvgIpc) is 2.93. The normalized spacial score (nSPS) is 43.5. The highest BCUT2D eigenvalue weighted by Gasteiger charge is 2.58. The summed E-state index contributed by atoms with van der Waals surface area (Å²) in [6.45, 7) is 14.4. The first kappa shape index (κ1) is 19.6. The maximum absolute atomic E-state index is 12.6. The fraction of sp³-hybridized carbons (Fsp3) is 0.818. The Morgan fingerprint density at radius 2 is 2.04 bits per heavy atom. The van der Waals surface area contributed by atoms with Crippen molar-refractivity contribution >= 4 is 11.8 Å². The SMILES string of the molecule is C=C1CC[C@H](C(C)C)[C@@H]2[C@H]1[C@H]1C[C@@H](C)C(=O)CC[C@@](C)(OC(C)=O)[C@@H]2O1. The first-order valence-electron chi connectivity index (χ1n) is 10.2. The Hall–Kier alpha value is -1.16. The van der Waals surface area contributed by atoms with E-state index in [0.717, 1.165) is 19.3 Å². The molecule has 0 aromatic carbocycles. The number of hydrogen-bond donors (Lipinski definition) is 0. The zero-order valence-electron chi connectivity index (χ0n) is 16.9. The number of Topliss-reactive ketones (excluding diaryl/α,β-unsaturated/α-hetero) is 1. The monoisotopic (exact) mass is 362 g/mol. The zero-order chi connectivity index (χ0) is 19.2. The zero-order valence-corrected chi connectivity index (χ0v) is 16.9. The third-order valence-electron chi connectivity index (χ3n) is 7.09. The molecule has 4 nitrogen and oxygen atoms in total. The summed E-state index contributed by atoms with van der Waals surface area (Å²) in [5, 5.41) is 0. The van der Waals surface area contributed by atoms with Crippen LogP contribution >= 0.6 is 0 Å². The number of hydrogen-bond acceptors (Lipinski definition) is 4. The Balaban J connectivity index is 2.05. The van der Waals surface area contributed by atoms with Gasteiger partial charge >= 0.3 is 5.97 Å². The van der Waals surface area contributed by atoms with Gasteiger partial charge in [-0.05, 0) is 44.4 Å². The lowest BCUT2D eigenvalue weighted by molar-refractivity contribution is -0.179. The number of fused-ring (bicyclic) bond motifs is 5. The standard InChI is InChI=1S/C22H34O4/c1-12(2)16-8-7-13(3)19-18-11-14(4)17(24)9-10-22(6,26-15(5)23)21(25-18)20(16)19/h12,14,16,18-21H,3,7-11H2,1-2,4-6H3/t14-,16-,18-,19-,20-,21-,22-/m1/s1. The summed E-state index contributed by atoms with van der Waals surface area (Å²) in [6, 6.07) is 0. The van der Waals surface area contributed by atoms with Gasteiger partial charge in [-0.3, -0.25) is 9.59 Å². The van der Waals surface area contributed by atoms with E-state index in [1.165, 1.54) is 12.5 Å². The predicted molar refractivity (Wildman–Crippen MR) is 101 cm³/mol. The fourth-order valence-corrected chi connectivity index (χ4v) is 5.75. The van der Waals surface area contributed by atoms with E-state index in [2.05, 4.69) is 20.4 Å². The van der Waals surface area contributed by atoms with Crippen molar-refractivity contribution in [3.8, 4) is 0 Å². The first-order valence-corrected chi connectivity index (χ1v) is 10.2. The van der Waals surface area contributed by atoms with Gasteiger partial charge in [0.05, 0.1) is 6.10 Å². The van der Waals surface area contributed by atoms with E-state index in [4.69, 9.17) is 9.47 Å². The van der Waals surface area contributed by atoms with Crippen LogP contribution in [0, 0.1) is 29.6 Å². The second kappa shape index (κ2) is 7.10. The van der Waals surface area contributed by atoms with Crippen molar-refractivity contribution < 1.29 is 19.1 Å². The number of esters is 1. The van der Waals surface area contributed by atoms with Crippen LogP contribution in [0.5, 0.6) is 0 Å². The van der Waals surface area contributed by atoms with E-state index in [9.17, 15) is 9.59 Å². The van der Waals surface area contributed by atoms with Crippen molar-refractivity contribution in [1.29, 1.82) is 0 Å². The van der Waals surface area contributed by atoms with Crippen LogP contribution in [0.1, 0.15) is 66.7 Å². The minimum atomic E-state index is -0.756. The molecule has 2 saturated heterocycles. The quantitative estimate of drug-likeness (QED) is 0.542. The van der Waals surface area contributed by atoms with Gasteiger partial charge in [0, 0.05) is 31.1 Å². The van der Waals surface area contributed by atoms with Gasteiger partial charge in [-0.1, -0.05) is 32.9 Å². The molecule has 26 heavy (non-hydrogen) atoms. The topological polar surface area (TPSA) is 52.6 Å². The molecule has 2 bridgehead atoms.